The van der Waals surface area contributed by atoms with E-state index in [0.717, 1.165) is 6.42 Å². The first-order valence-electron chi connectivity index (χ1n) is 4.38. The Hall–Kier alpha value is -0.730. The minimum absolute atomic E-state index is 0.181. The zero-order valence-electron chi connectivity index (χ0n) is 7.81. The molecule has 4 heteroatoms. The predicted molar refractivity (Wildman–Crippen MR) is 59.1 cm³/mol. The molecule has 76 valence electrons. The van der Waals surface area contributed by atoms with Crippen LogP contribution in [-0.4, -0.2) is 12.5 Å². The molecule has 0 aliphatic rings. The van der Waals surface area contributed by atoms with E-state index in [-0.39, 0.29) is 5.91 Å². The highest BCUT2D eigenvalue weighted by Crippen LogP contribution is 2.20. The smallest absolute Gasteiger partial charge is 0.252 e. The lowest BCUT2D eigenvalue weighted by Crippen LogP contribution is -2.24. The molecule has 0 aliphatic carbocycles. The van der Waals surface area contributed by atoms with E-state index in [1.807, 2.05) is 6.92 Å². The van der Waals surface area contributed by atoms with Crippen molar-refractivity contribution >= 4 is 29.1 Å². The number of carbonyl (C=O) groups excluding carboxylic acids is 1. The van der Waals surface area contributed by atoms with Gasteiger partial charge < -0.3 is 5.32 Å². The summed E-state index contributed by atoms with van der Waals surface area (Å²) in [5, 5.41) is 3.66. The zero-order valence-corrected chi connectivity index (χ0v) is 9.32. The van der Waals surface area contributed by atoms with Gasteiger partial charge in [0, 0.05) is 11.6 Å². The van der Waals surface area contributed by atoms with Crippen LogP contribution in [0.1, 0.15) is 23.7 Å². The highest BCUT2D eigenvalue weighted by atomic mass is 35.5. The molecule has 14 heavy (non-hydrogen) atoms. The summed E-state index contributed by atoms with van der Waals surface area (Å²) in [5.41, 5.74) is 0.424. The van der Waals surface area contributed by atoms with Crippen LogP contribution in [0.3, 0.4) is 0 Å². The van der Waals surface area contributed by atoms with Crippen LogP contribution >= 0.6 is 23.2 Å². The molecule has 0 spiro atoms. The van der Waals surface area contributed by atoms with Gasteiger partial charge in [0.1, 0.15) is 0 Å². The van der Waals surface area contributed by atoms with Crippen molar-refractivity contribution in [3.05, 3.63) is 33.8 Å². The Morgan fingerprint density at radius 3 is 2.79 bits per heavy atom. The van der Waals surface area contributed by atoms with Crippen LogP contribution in [0.4, 0.5) is 0 Å². The van der Waals surface area contributed by atoms with E-state index in [2.05, 4.69) is 5.32 Å². The number of hydrogen-bond donors (Lipinski definition) is 1. The van der Waals surface area contributed by atoms with Gasteiger partial charge in [-0.2, -0.15) is 0 Å². The summed E-state index contributed by atoms with van der Waals surface area (Å²) in [6, 6.07) is 4.83. The fraction of sp³-hybridized carbons (Fsp3) is 0.300. The number of halogens is 2. The number of nitrogens with one attached hydrogen (secondary N) is 1. The maximum absolute atomic E-state index is 11.5. The van der Waals surface area contributed by atoms with Gasteiger partial charge in [0.2, 0.25) is 0 Å². The van der Waals surface area contributed by atoms with E-state index in [4.69, 9.17) is 23.2 Å². The summed E-state index contributed by atoms with van der Waals surface area (Å²) in [6.07, 6.45) is 0.893. The first kappa shape index (κ1) is 11.3. The van der Waals surface area contributed by atoms with Crippen molar-refractivity contribution in [2.45, 2.75) is 13.3 Å². The van der Waals surface area contributed by atoms with Gasteiger partial charge in [-0.15, -0.1) is 0 Å². The van der Waals surface area contributed by atoms with Crippen molar-refractivity contribution in [2.75, 3.05) is 6.54 Å². The normalized spacial score (nSPS) is 9.93. The van der Waals surface area contributed by atoms with Crippen LogP contribution in [0.25, 0.3) is 0 Å². The molecule has 0 aliphatic heterocycles. The lowest BCUT2D eigenvalue weighted by atomic mass is 10.2. The van der Waals surface area contributed by atoms with Crippen LogP contribution in [0.5, 0.6) is 0 Å². The summed E-state index contributed by atoms with van der Waals surface area (Å²) in [6.45, 7) is 2.63. The molecule has 1 amide bonds. The van der Waals surface area contributed by atoms with Gasteiger partial charge in [0.15, 0.2) is 0 Å². The monoisotopic (exact) mass is 231 g/mol. The van der Waals surface area contributed by atoms with Crippen LogP contribution in [0.15, 0.2) is 18.2 Å². The average Bonchev–Trinajstić information content (AvgIpc) is 2.18. The average molecular weight is 232 g/mol. The van der Waals surface area contributed by atoms with E-state index >= 15 is 0 Å². The van der Waals surface area contributed by atoms with E-state index < -0.39 is 0 Å². The molecular formula is C10H11Cl2NO. The van der Waals surface area contributed by atoms with Crippen LogP contribution in [0.2, 0.25) is 10.0 Å². The van der Waals surface area contributed by atoms with Gasteiger partial charge in [-0.1, -0.05) is 30.1 Å². The first-order valence-corrected chi connectivity index (χ1v) is 5.14. The fourth-order valence-electron chi connectivity index (χ4n) is 1.01. The Morgan fingerprint density at radius 2 is 2.14 bits per heavy atom. The van der Waals surface area contributed by atoms with E-state index in [1.165, 1.54) is 0 Å². The number of rotatable bonds is 3. The Kier molecular flexibility index (Phi) is 4.23. The van der Waals surface area contributed by atoms with Gasteiger partial charge in [-0.3, -0.25) is 4.79 Å². The minimum Gasteiger partial charge on any atom is -0.352 e. The number of hydrogen-bond acceptors (Lipinski definition) is 1. The fourth-order valence-corrected chi connectivity index (χ4v) is 1.38. The van der Waals surface area contributed by atoms with Crippen molar-refractivity contribution in [1.82, 2.24) is 5.32 Å². The molecule has 0 saturated carbocycles. The van der Waals surface area contributed by atoms with Gasteiger partial charge in [0.25, 0.3) is 5.91 Å². The molecule has 0 heterocycles. The summed E-state index contributed by atoms with van der Waals surface area (Å²) in [4.78, 5) is 11.5. The third-order valence-electron chi connectivity index (χ3n) is 1.71. The summed E-state index contributed by atoms with van der Waals surface area (Å²) < 4.78 is 0. The third kappa shape index (κ3) is 2.89. The van der Waals surface area contributed by atoms with Gasteiger partial charge in [-0.05, 0) is 24.6 Å². The van der Waals surface area contributed by atoms with Crippen molar-refractivity contribution in [3.8, 4) is 0 Å². The molecule has 0 radical (unpaired) electrons. The minimum atomic E-state index is -0.181. The van der Waals surface area contributed by atoms with Crippen LogP contribution in [0, 0.1) is 0 Å². The molecule has 0 unspecified atom stereocenters. The highest BCUT2D eigenvalue weighted by Gasteiger charge is 2.09. The lowest BCUT2D eigenvalue weighted by molar-refractivity contribution is 0.0954. The van der Waals surface area contributed by atoms with Gasteiger partial charge >= 0.3 is 0 Å². The second-order valence-electron chi connectivity index (χ2n) is 2.88. The molecule has 0 fully saturated rings. The molecule has 0 bridgehead atoms. The van der Waals surface area contributed by atoms with E-state index in [1.54, 1.807) is 18.2 Å². The van der Waals surface area contributed by atoms with Crippen LogP contribution < -0.4 is 5.32 Å². The lowest BCUT2D eigenvalue weighted by Gasteiger charge is -2.05. The molecule has 0 aromatic heterocycles. The molecule has 0 atom stereocenters. The maximum Gasteiger partial charge on any atom is 0.252 e. The van der Waals surface area contributed by atoms with Gasteiger partial charge in [0.05, 0.1) is 10.6 Å². The quantitative estimate of drug-likeness (QED) is 0.852. The second-order valence-corrected chi connectivity index (χ2v) is 3.72. The second kappa shape index (κ2) is 5.23. The summed E-state index contributed by atoms with van der Waals surface area (Å²) in [7, 11) is 0. The van der Waals surface area contributed by atoms with Gasteiger partial charge in [-0.25, -0.2) is 0 Å². The molecule has 1 rings (SSSR count). The predicted octanol–water partition coefficient (Wildman–Crippen LogP) is 3.13. The largest absolute Gasteiger partial charge is 0.352 e. The van der Waals surface area contributed by atoms with Crippen LogP contribution in [-0.2, 0) is 0 Å². The summed E-state index contributed by atoms with van der Waals surface area (Å²) >= 11 is 11.6. The van der Waals surface area contributed by atoms with E-state index in [0.29, 0.717) is 22.2 Å². The molecular weight excluding hydrogens is 221 g/mol. The molecule has 2 nitrogen and oxygen atoms in total. The Labute approximate surface area is 93.2 Å². The topological polar surface area (TPSA) is 29.1 Å². The molecule has 1 aromatic carbocycles. The highest BCUT2D eigenvalue weighted by molar-refractivity contribution is 6.35. The van der Waals surface area contributed by atoms with Crippen molar-refractivity contribution in [2.24, 2.45) is 0 Å². The summed E-state index contributed by atoms with van der Waals surface area (Å²) in [5.74, 6) is -0.181. The maximum atomic E-state index is 11.5. The number of amides is 1. The van der Waals surface area contributed by atoms with Crippen molar-refractivity contribution in [1.29, 1.82) is 0 Å². The first-order chi connectivity index (χ1) is 6.65. The van der Waals surface area contributed by atoms with Crippen molar-refractivity contribution < 1.29 is 4.79 Å². The third-order valence-corrected chi connectivity index (χ3v) is 2.27. The number of carbonyl (C=O) groups is 1. The van der Waals surface area contributed by atoms with E-state index in [9.17, 15) is 4.79 Å². The Bertz CT molecular complexity index is 339. The SMILES string of the molecule is CCCNC(=O)c1cc(Cl)ccc1Cl. The number of benzene rings is 1. The Morgan fingerprint density at radius 1 is 1.43 bits per heavy atom. The molecule has 1 aromatic rings. The molecule has 0 saturated heterocycles. The molecule has 1 N–H and O–H groups in total. The standard InChI is InChI=1S/C10H11Cl2NO/c1-2-5-13-10(14)8-6-7(11)3-4-9(8)12/h3-4,6H,2,5H2,1H3,(H,13,14). The Balaban J connectivity index is 2.83. The van der Waals surface area contributed by atoms with Crippen molar-refractivity contribution in [3.63, 3.8) is 0 Å². The zero-order chi connectivity index (χ0) is 10.6.